The van der Waals surface area contributed by atoms with Crippen LogP contribution in [0.4, 0.5) is 4.79 Å². The van der Waals surface area contributed by atoms with E-state index in [1.54, 1.807) is 6.07 Å². The highest BCUT2D eigenvalue weighted by Gasteiger charge is 2.33. The molecule has 0 bridgehead atoms. The van der Waals surface area contributed by atoms with Gasteiger partial charge in [0, 0.05) is 32.2 Å². The molecule has 0 saturated carbocycles. The molecule has 4 rings (SSSR count). The van der Waals surface area contributed by atoms with Crippen molar-refractivity contribution in [2.45, 2.75) is 57.7 Å². The Morgan fingerprint density at radius 1 is 1.16 bits per heavy atom. The van der Waals surface area contributed by atoms with Crippen LogP contribution in [0, 0.1) is 6.92 Å². The van der Waals surface area contributed by atoms with Gasteiger partial charge in [-0.25, -0.2) is 4.79 Å². The number of benzene rings is 2. The van der Waals surface area contributed by atoms with Gasteiger partial charge in [-0.2, -0.15) is 0 Å². The molecule has 1 saturated heterocycles. The molecule has 0 radical (unpaired) electrons. The molecule has 7 heteroatoms. The van der Waals surface area contributed by atoms with Gasteiger partial charge in [0.2, 0.25) is 0 Å². The zero-order valence-corrected chi connectivity index (χ0v) is 20.4. The average Bonchev–Trinajstić information content (AvgIpc) is 3.20. The molecule has 2 N–H and O–H groups in total. The van der Waals surface area contributed by atoms with E-state index in [9.17, 15) is 9.90 Å². The highest BCUT2D eigenvalue weighted by Crippen LogP contribution is 2.38. The zero-order chi connectivity index (χ0) is 23.0. The van der Waals surface area contributed by atoms with E-state index in [0.29, 0.717) is 11.6 Å². The van der Waals surface area contributed by atoms with Crippen molar-refractivity contribution in [3.63, 3.8) is 0 Å². The Morgan fingerprint density at radius 3 is 2.59 bits per heavy atom. The average molecular weight is 476 g/mol. The predicted molar refractivity (Wildman–Crippen MR) is 130 cm³/mol. The number of hydrogen-bond donors (Lipinski definition) is 2. The number of hydrogen-bond acceptors (Lipinski definition) is 3. The third-order valence-corrected chi connectivity index (χ3v) is 7.94. The zero-order valence-electron chi connectivity index (χ0n) is 18.9. The minimum atomic E-state index is -0.325. The highest BCUT2D eigenvalue weighted by atomic mass is 35.5. The molecule has 1 fully saturated rings. The van der Waals surface area contributed by atoms with Crippen LogP contribution in [0.15, 0.2) is 30.3 Å². The van der Waals surface area contributed by atoms with Crippen LogP contribution in [0.2, 0.25) is 10.0 Å². The molecule has 32 heavy (non-hydrogen) atoms. The van der Waals surface area contributed by atoms with Crippen molar-refractivity contribution in [2.75, 3.05) is 20.1 Å². The Labute approximate surface area is 200 Å². The molecule has 172 valence electrons. The minimum Gasteiger partial charge on any atom is -0.506 e. The second-order valence-electron chi connectivity index (χ2n) is 9.11. The summed E-state index contributed by atoms with van der Waals surface area (Å²) in [6.07, 6.45) is 4.27. The van der Waals surface area contributed by atoms with Gasteiger partial charge in [-0.15, -0.1) is 0 Å². The van der Waals surface area contributed by atoms with Crippen molar-refractivity contribution in [1.29, 1.82) is 0 Å². The number of aromatic hydroxyl groups is 1. The van der Waals surface area contributed by atoms with E-state index in [-0.39, 0.29) is 33.9 Å². The second kappa shape index (κ2) is 9.50. The van der Waals surface area contributed by atoms with Crippen LogP contribution in [0.5, 0.6) is 5.75 Å². The summed E-state index contributed by atoms with van der Waals surface area (Å²) in [6, 6.07) is 10.3. The largest absolute Gasteiger partial charge is 0.506 e. The molecular formula is C25H31Cl2N3O2. The summed E-state index contributed by atoms with van der Waals surface area (Å²) in [5.41, 5.74) is 5.00. The van der Waals surface area contributed by atoms with E-state index in [2.05, 4.69) is 35.3 Å². The number of nitrogens with zero attached hydrogens (tertiary/aromatic N) is 2. The quantitative estimate of drug-likeness (QED) is 0.581. The van der Waals surface area contributed by atoms with Gasteiger partial charge < -0.3 is 15.3 Å². The van der Waals surface area contributed by atoms with Crippen LogP contribution in [-0.2, 0) is 6.42 Å². The van der Waals surface area contributed by atoms with Crippen LogP contribution in [-0.4, -0.2) is 47.1 Å². The van der Waals surface area contributed by atoms with E-state index in [1.165, 1.54) is 29.2 Å². The molecule has 2 atom stereocenters. The molecule has 2 amide bonds. The number of carbonyl (C=O) groups is 1. The first kappa shape index (κ1) is 23.2. The second-order valence-corrected chi connectivity index (χ2v) is 9.86. The Kier molecular flexibility index (Phi) is 6.89. The van der Waals surface area contributed by atoms with Crippen molar-refractivity contribution < 1.29 is 9.90 Å². The van der Waals surface area contributed by atoms with Gasteiger partial charge in [0.25, 0.3) is 0 Å². The van der Waals surface area contributed by atoms with E-state index >= 15 is 0 Å². The number of phenols is 1. The summed E-state index contributed by atoms with van der Waals surface area (Å²) >= 11 is 12.3. The molecule has 2 aliphatic rings. The van der Waals surface area contributed by atoms with Crippen molar-refractivity contribution in [1.82, 2.24) is 15.1 Å². The number of rotatable bonds is 4. The van der Waals surface area contributed by atoms with Crippen LogP contribution >= 0.6 is 23.2 Å². The lowest BCUT2D eigenvalue weighted by atomic mass is 9.99. The third-order valence-electron chi connectivity index (χ3n) is 7.05. The maximum Gasteiger partial charge on any atom is 0.317 e. The molecule has 0 spiro atoms. The van der Waals surface area contributed by atoms with Crippen LogP contribution in [0.1, 0.15) is 60.5 Å². The highest BCUT2D eigenvalue weighted by molar-refractivity contribution is 6.43. The lowest BCUT2D eigenvalue weighted by Crippen LogP contribution is -2.49. The number of urea groups is 1. The van der Waals surface area contributed by atoms with E-state index in [0.717, 1.165) is 32.4 Å². The molecular weight excluding hydrogens is 445 g/mol. The number of fused-ring (bicyclic) bond motifs is 1. The monoisotopic (exact) mass is 475 g/mol. The van der Waals surface area contributed by atoms with Gasteiger partial charge in [0.1, 0.15) is 10.8 Å². The van der Waals surface area contributed by atoms with Crippen LogP contribution < -0.4 is 5.32 Å². The fourth-order valence-corrected chi connectivity index (χ4v) is 5.60. The first-order valence-electron chi connectivity index (χ1n) is 11.3. The van der Waals surface area contributed by atoms with E-state index < -0.39 is 0 Å². The summed E-state index contributed by atoms with van der Waals surface area (Å²) in [7, 11) is 1.86. The molecule has 1 aliphatic heterocycles. The summed E-state index contributed by atoms with van der Waals surface area (Å²) in [5.74, 6) is -0.0668. The Balaban J connectivity index is 1.33. The maximum atomic E-state index is 12.9. The van der Waals surface area contributed by atoms with Crippen LogP contribution in [0.25, 0.3) is 0 Å². The summed E-state index contributed by atoms with van der Waals surface area (Å²) in [4.78, 5) is 17.3. The SMILES string of the molecule is Cc1ccc2c(c1)CCC2N1CCC(N(C)C(=O)N[C@@H](C)c2ccc(O)c(Cl)c2Cl)CC1. The Hall–Kier alpha value is -1.95. The van der Waals surface area contributed by atoms with Gasteiger partial charge in [0.05, 0.1) is 11.1 Å². The fourth-order valence-electron chi connectivity index (χ4n) is 5.11. The van der Waals surface area contributed by atoms with Crippen molar-refractivity contribution in [3.05, 3.63) is 62.6 Å². The van der Waals surface area contributed by atoms with E-state index in [1.807, 2.05) is 18.9 Å². The third kappa shape index (κ3) is 4.57. The Morgan fingerprint density at radius 2 is 1.88 bits per heavy atom. The summed E-state index contributed by atoms with van der Waals surface area (Å²) in [6.45, 7) is 6.01. The number of aryl methyl sites for hydroxylation is 2. The summed E-state index contributed by atoms with van der Waals surface area (Å²) in [5, 5.41) is 13.1. The van der Waals surface area contributed by atoms with E-state index in [4.69, 9.17) is 23.2 Å². The normalized spacial score (nSPS) is 20.1. The van der Waals surface area contributed by atoms with Crippen LogP contribution in [0.3, 0.4) is 0 Å². The molecule has 2 aromatic carbocycles. The standard InChI is InChI=1S/C25H31Cl2N3O2/c1-15-4-6-20-17(14-15)5-8-21(20)30-12-10-18(11-13-30)29(3)25(32)28-16(2)19-7-9-22(31)24(27)23(19)26/h4,6-7,9,14,16,18,21,31H,5,8,10-13H2,1-3H3,(H,28,32)/t16-,21?/m0/s1. The Bertz CT molecular complexity index is 1000. The molecule has 1 unspecified atom stereocenters. The predicted octanol–water partition coefficient (Wildman–Crippen LogP) is 5.86. The summed E-state index contributed by atoms with van der Waals surface area (Å²) < 4.78 is 0. The number of halogens is 2. The van der Waals surface area contributed by atoms with Crippen molar-refractivity contribution in [2.24, 2.45) is 0 Å². The fraction of sp³-hybridized carbons (Fsp3) is 0.480. The molecule has 1 heterocycles. The lowest BCUT2D eigenvalue weighted by molar-refractivity contribution is 0.105. The number of phenolic OH excluding ortho intramolecular Hbond substituents is 1. The van der Waals surface area contributed by atoms with Gasteiger partial charge in [-0.3, -0.25) is 4.90 Å². The van der Waals surface area contributed by atoms with Crippen molar-refractivity contribution >= 4 is 29.2 Å². The first-order chi connectivity index (χ1) is 15.3. The number of likely N-dealkylation sites (tertiary alicyclic amines) is 1. The van der Waals surface area contributed by atoms with Gasteiger partial charge in [-0.1, -0.05) is 53.0 Å². The topological polar surface area (TPSA) is 55.8 Å². The minimum absolute atomic E-state index is 0.0668. The first-order valence-corrected chi connectivity index (χ1v) is 12.1. The number of carbonyl (C=O) groups excluding carboxylic acids is 1. The van der Waals surface area contributed by atoms with Gasteiger partial charge in [0.15, 0.2) is 0 Å². The van der Waals surface area contributed by atoms with Gasteiger partial charge >= 0.3 is 6.03 Å². The van der Waals surface area contributed by atoms with Gasteiger partial charge in [-0.05, 0) is 62.3 Å². The number of nitrogens with one attached hydrogen (secondary N) is 1. The molecule has 5 nitrogen and oxygen atoms in total. The lowest BCUT2D eigenvalue weighted by Gasteiger charge is -2.40. The molecule has 0 aromatic heterocycles. The number of piperidine rings is 1. The smallest absolute Gasteiger partial charge is 0.317 e. The number of amides is 2. The van der Waals surface area contributed by atoms with Crippen molar-refractivity contribution in [3.8, 4) is 5.75 Å². The molecule has 1 aliphatic carbocycles. The molecule has 2 aromatic rings. The maximum absolute atomic E-state index is 12.9.